The molecule has 0 aliphatic carbocycles. The van der Waals surface area contributed by atoms with Crippen LogP contribution in [0.2, 0.25) is 0 Å². The van der Waals surface area contributed by atoms with Crippen LogP contribution in [0.3, 0.4) is 0 Å². The second-order valence-electron chi connectivity index (χ2n) is 6.37. The van der Waals surface area contributed by atoms with E-state index in [1.54, 1.807) is 6.92 Å². The van der Waals surface area contributed by atoms with E-state index in [0.29, 0.717) is 0 Å². The third-order valence-corrected chi connectivity index (χ3v) is 4.41. The summed E-state index contributed by atoms with van der Waals surface area (Å²) in [5.41, 5.74) is 0.0997. The van der Waals surface area contributed by atoms with Gasteiger partial charge in [-0.3, -0.25) is 14.4 Å². The maximum atomic E-state index is 12.8. The van der Waals surface area contributed by atoms with Crippen molar-refractivity contribution in [3.63, 3.8) is 0 Å². The fourth-order valence-electron chi connectivity index (χ4n) is 2.73. The topological polar surface area (TPSA) is 149 Å². The maximum absolute atomic E-state index is 12.8. The van der Waals surface area contributed by atoms with Crippen LogP contribution in [0.1, 0.15) is 36.5 Å². The molecule has 0 heterocycles. The van der Waals surface area contributed by atoms with Gasteiger partial charge >= 0.3 is 11.9 Å². The van der Waals surface area contributed by atoms with Gasteiger partial charge in [-0.25, -0.2) is 4.79 Å². The number of carboxylic acids is 1. The Morgan fingerprint density at radius 1 is 0.935 bits per heavy atom. The van der Waals surface area contributed by atoms with Gasteiger partial charge in [-0.2, -0.15) is 0 Å². The van der Waals surface area contributed by atoms with Gasteiger partial charge < -0.3 is 34.7 Å². The lowest BCUT2D eigenvalue weighted by Gasteiger charge is -2.21. The molecule has 1 rings (SSSR count). The van der Waals surface area contributed by atoms with E-state index in [-0.39, 0.29) is 42.1 Å². The second-order valence-corrected chi connectivity index (χ2v) is 6.37. The number of esters is 1. The van der Waals surface area contributed by atoms with E-state index in [0.717, 1.165) is 0 Å². The van der Waals surface area contributed by atoms with Crippen molar-refractivity contribution in [1.29, 1.82) is 0 Å². The summed E-state index contributed by atoms with van der Waals surface area (Å²) < 4.78 is 20.3. The van der Waals surface area contributed by atoms with Gasteiger partial charge in [0.05, 0.1) is 28.4 Å². The SMILES string of the molecule is CC[C@H](NC(=O)[C@@H](CCC(=O)O)NC(=O)c1cc(OC)c(OC)c(OC)c1)C(=O)OC. The fraction of sp³-hybridized carbons (Fsp3) is 0.500. The molecular weight excluding hydrogens is 412 g/mol. The van der Waals surface area contributed by atoms with Crippen molar-refractivity contribution in [3.05, 3.63) is 17.7 Å². The van der Waals surface area contributed by atoms with Crippen molar-refractivity contribution in [2.24, 2.45) is 0 Å². The zero-order chi connectivity index (χ0) is 23.6. The van der Waals surface area contributed by atoms with Gasteiger partial charge in [-0.1, -0.05) is 6.92 Å². The summed E-state index contributed by atoms with van der Waals surface area (Å²) in [6.07, 6.45) is -0.303. The number of carbonyl (C=O) groups is 4. The van der Waals surface area contributed by atoms with Gasteiger partial charge in [0.25, 0.3) is 5.91 Å². The van der Waals surface area contributed by atoms with E-state index in [4.69, 9.17) is 19.3 Å². The third kappa shape index (κ3) is 7.05. The normalized spacial score (nSPS) is 12.2. The van der Waals surface area contributed by atoms with Crippen LogP contribution in [0.5, 0.6) is 17.2 Å². The highest BCUT2D eigenvalue weighted by atomic mass is 16.5. The minimum absolute atomic E-state index is 0.0997. The lowest BCUT2D eigenvalue weighted by atomic mass is 10.1. The number of aliphatic carboxylic acids is 1. The number of nitrogens with one attached hydrogen (secondary N) is 2. The molecule has 0 aliphatic rings. The molecule has 0 aromatic heterocycles. The fourth-order valence-corrected chi connectivity index (χ4v) is 2.73. The zero-order valence-corrected chi connectivity index (χ0v) is 18.1. The number of amides is 2. The quantitative estimate of drug-likeness (QED) is 0.400. The van der Waals surface area contributed by atoms with E-state index in [1.807, 2.05) is 0 Å². The molecule has 2 amide bonds. The van der Waals surface area contributed by atoms with Crippen molar-refractivity contribution in [1.82, 2.24) is 10.6 Å². The highest BCUT2D eigenvalue weighted by Gasteiger charge is 2.28. The average molecular weight is 440 g/mol. The van der Waals surface area contributed by atoms with Crippen LogP contribution < -0.4 is 24.8 Å². The van der Waals surface area contributed by atoms with Crippen LogP contribution in [0, 0.1) is 0 Å². The molecule has 0 bridgehead atoms. The number of hydrogen-bond acceptors (Lipinski definition) is 8. The van der Waals surface area contributed by atoms with Gasteiger partial charge in [0.2, 0.25) is 11.7 Å². The molecular formula is C20H28N2O9. The Balaban J connectivity index is 3.13. The molecule has 172 valence electrons. The minimum Gasteiger partial charge on any atom is -0.493 e. The molecule has 0 radical (unpaired) electrons. The minimum atomic E-state index is -1.21. The van der Waals surface area contributed by atoms with E-state index >= 15 is 0 Å². The Hall–Kier alpha value is -3.50. The van der Waals surface area contributed by atoms with Crippen molar-refractivity contribution in [3.8, 4) is 17.2 Å². The van der Waals surface area contributed by atoms with Crippen LogP contribution in [0.25, 0.3) is 0 Å². The first-order valence-corrected chi connectivity index (χ1v) is 9.43. The first-order chi connectivity index (χ1) is 14.7. The molecule has 0 saturated heterocycles. The number of hydrogen-bond donors (Lipinski definition) is 3. The van der Waals surface area contributed by atoms with Crippen LogP contribution in [0.4, 0.5) is 0 Å². The second kappa shape index (κ2) is 12.3. The predicted octanol–water partition coefficient (Wildman–Crippen LogP) is 0.743. The molecule has 0 aliphatic heterocycles. The van der Waals surface area contributed by atoms with Crippen molar-refractivity contribution in [2.75, 3.05) is 28.4 Å². The standard InChI is InChI=1S/C20H28N2O9/c1-6-12(20(27)31-5)21-19(26)13(7-8-16(23)24)22-18(25)11-9-14(28-2)17(30-4)15(10-11)29-3/h9-10,12-13H,6-8H2,1-5H3,(H,21,26)(H,22,25)(H,23,24)/t12-,13+/m0/s1. The van der Waals surface area contributed by atoms with E-state index < -0.39 is 35.8 Å². The number of methoxy groups -OCH3 is 4. The summed E-state index contributed by atoms with van der Waals surface area (Å²) in [4.78, 5) is 48.2. The van der Waals surface area contributed by atoms with Crippen LogP contribution in [-0.2, 0) is 19.1 Å². The largest absolute Gasteiger partial charge is 0.493 e. The Bertz CT molecular complexity index is 785. The van der Waals surface area contributed by atoms with Gasteiger partial charge in [0, 0.05) is 12.0 Å². The lowest BCUT2D eigenvalue weighted by Crippen LogP contribution is -2.51. The van der Waals surface area contributed by atoms with Crippen molar-refractivity contribution >= 4 is 23.8 Å². The molecule has 11 nitrogen and oxygen atoms in total. The molecule has 0 unspecified atom stereocenters. The van der Waals surface area contributed by atoms with Crippen LogP contribution >= 0.6 is 0 Å². The van der Waals surface area contributed by atoms with E-state index in [9.17, 15) is 19.2 Å². The Morgan fingerprint density at radius 2 is 1.52 bits per heavy atom. The molecule has 3 N–H and O–H groups in total. The molecule has 31 heavy (non-hydrogen) atoms. The Kier molecular flexibility index (Phi) is 10.1. The summed E-state index contributed by atoms with van der Waals surface area (Å²) in [5, 5.41) is 13.9. The summed E-state index contributed by atoms with van der Waals surface area (Å²) in [5.74, 6) is -2.42. The molecule has 0 spiro atoms. The Morgan fingerprint density at radius 3 is 1.94 bits per heavy atom. The lowest BCUT2D eigenvalue weighted by molar-refractivity contribution is -0.145. The summed E-state index contributed by atoms with van der Waals surface area (Å²) in [6, 6.07) is 0.655. The number of rotatable bonds is 12. The molecule has 2 atom stereocenters. The van der Waals surface area contributed by atoms with Crippen LogP contribution in [0.15, 0.2) is 12.1 Å². The summed E-state index contributed by atoms with van der Waals surface area (Å²) in [6.45, 7) is 1.67. The monoisotopic (exact) mass is 440 g/mol. The number of ether oxygens (including phenoxy) is 4. The van der Waals surface area contributed by atoms with Gasteiger partial charge in [-0.05, 0) is 25.0 Å². The third-order valence-electron chi connectivity index (χ3n) is 4.41. The highest BCUT2D eigenvalue weighted by molar-refractivity contribution is 5.99. The maximum Gasteiger partial charge on any atom is 0.328 e. The summed E-state index contributed by atoms with van der Waals surface area (Å²) in [7, 11) is 5.38. The van der Waals surface area contributed by atoms with Crippen molar-refractivity contribution in [2.45, 2.75) is 38.3 Å². The predicted molar refractivity (Wildman–Crippen MR) is 108 cm³/mol. The Labute approximate surface area is 180 Å². The molecule has 0 fully saturated rings. The van der Waals surface area contributed by atoms with E-state index in [2.05, 4.69) is 15.4 Å². The van der Waals surface area contributed by atoms with Gasteiger partial charge in [0.15, 0.2) is 11.5 Å². The number of benzene rings is 1. The molecule has 0 saturated carbocycles. The zero-order valence-electron chi connectivity index (χ0n) is 18.1. The number of carbonyl (C=O) groups excluding carboxylic acids is 3. The molecule has 11 heteroatoms. The first-order valence-electron chi connectivity index (χ1n) is 9.43. The molecule has 1 aromatic rings. The summed E-state index contributed by atoms with van der Waals surface area (Å²) >= 11 is 0. The van der Waals surface area contributed by atoms with Gasteiger partial charge in [-0.15, -0.1) is 0 Å². The molecule has 1 aromatic carbocycles. The first kappa shape index (κ1) is 25.5. The number of carboxylic acid groups (broad SMARTS) is 1. The average Bonchev–Trinajstić information content (AvgIpc) is 2.77. The van der Waals surface area contributed by atoms with Crippen molar-refractivity contribution < 1.29 is 43.2 Å². The smallest absolute Gasteiger partial charge is 0.328 e. The highest BCUT2D eigenvalue weighted by Crippen LogP contribution is 2.38. The van der Waals surface area contributed by atoms with Crippen LogP contribution in [-0.4, -0.2) is 69.4 Å². The van der Waals surface area contributed by atoms with E-state index in [1.165, 1.54) is 40.6 Å². The van der Waals surface area contributed by atoms with Gasteiger partial charge in [0.1, 0.15) is 12.1 Å².